The maximum Gasteiger partial charge on any atom is 0.199 e. The molecule has 1 aliphatic heterocycles. The molecule has 1 fully saturated rings. The van der Waals surface area contributed by atoms with Crippen LogP contribution in [0.5, 0.6) is 0 Å². The first-order valence-electron chi connectivity index (χ1n) is 8.65. The van der Waals surface area contributed by atoms with Crippen LogP contribution in [0, 0.1) is 4.77 Å². The van der Waals surface area contributed by atoms with Crippen LogP contribution in [0.4, 0.5) is 0 Å². The van der Waals surface area contributed by atoms with Gasteiger partial charge in [-0.1, -0.05) is 18.5 Å². The zero-order valence-corrected chi connectivity index (χ0v) is 17.3. The summed E-state index contributed by atoms with van der Waals surface area (Å²) in [6.45, 7) is 3.40. The fraction of sp³-hybridized carbons (Fsp3) is 0.529. The zero-order chi connectivity index (χ0) is 18.9. The van der Waals surface area contributed by atoms with Crippen molar-refractivity contribution < 1.29 is 8.42 Å². The summed E-state index contributed by atoms with van der Waals surface area (Å²) >= 11 is 11.5. The first kappa shape index (κ1) is 19.5. The number of hydrogen-bond acceptors (Lipinski definition) is 5. The lowest BCUT2D eigenvalue weighted by atomic mass is 10.2. The second kappa shape index (κ2) is 7.80. The van der Waals surface area contributed by atoms with E-state index in [1.54, 1.807) is 4.68 Å². The van der Waals surface area contributed by atoms with Gasteiger partial charge in [0.1, 0.15) is 0 Å². The number of hydrogen-bond donors (Lipinski definition) is 0. The lowest BCUT2D eigenvalue weighted by Crippen LogP contribution is -2.38. The van der Waals surface area contributed by atoms with Gasteiger partial charge in [-0.05, 0) is 55.9 Å². The fourth-order valence-electron chi connectivity index (χ4n) is 3.32. The highest BCUT2D eigenvalue weighted by molar-refractivity contribution is 7.91. The van der Waals surface area contributed by atoms with Crippen LogP contribution in [0.2, 0.25) is 5.02 Å². The van der Waals surface area contributed by atoms with Crippen molar-refractivity contribution in [1.82, 2.24) is 19.2 Å². The highest BCUT2D eigenvalue weighted by Gasteiger charge is 2.32. The Morgan fingerprint density at radius 1 is 1.35 bits per heavy atom. The summed E-state index contributed by atoms with van der Waals surface area (Å²) < 4.78 is 28.0. The third kappa shape index (κ3) is 4.19. The average molecular weight is 415 g/mol. The second-order valence-electron chi connectivity index (χ2n) is 6.68. The van der Waals surface area contributed by atoms with Gasteiger partial charge in [-0.25, -0.2) is 13.1 Å². The van der Waals surface area contributed by atoms with E-state index in [0.717, 1.165) is 24.4 Å². The molecule has 3 rings (SSSR count). The topological polar surface area (TPSA) is 60.1 Å². The Bertz CT molecular complexity index is 935. The molecule has 0 radical (unpaired) electrons. The van der Waals surface area contributed by atoms with Crippen LogP contribution < -0.4 is 0 Å². The number of halogens is 1. The van der Waals surface area contributed by atoms with E-state index in [4.69, 9.17) is 23.8 Å². The lowest BCUT2D eigenvalue weighted by Gasteiger charge is -2.27. The molecule has 1 atom stereocenters. The van der Waals surface area contributed by atoms with E-state index in [1.807, 2.05) is 35.9 Å². The minimum atomic E-state index is -2.93. The van der Waals surface area contributed by atoms with Crippen molar-refractivity contribution in [1.29, 1.82) is 0 Å². The molecular formula is C17H23ClN4O2S2. The summed E-state index contributed by atoms with van der Waals surface area (Å²) in [4.78, 5) is 2.18. The molecule has 9 heteroatoms. The Morgan fingerprint density at radius 3 is 2.62 bits per heavy atom. The minimum absolute atomic E-state index is 0.0304. The monoisotopic (exact) mass is 414 g/mol. The van der Waals surface area contributed by atoms with Gasteiger partial charge in [-0.15, -0.1) is 0 Å². The van der Waals surface area contributed by atoms with E-state index in [1.165, 1.54) is 0 Å². The molecule has 6 nitrogen and oxygen atoms in total. The van der Waals surface area contributed by atoms with Crippen molar-refractivity contribution in [2.75, 3.05) is 18.1 Å². The van der Waals surface area contributed by atoms with Crippen molar-refractivity contribution in [3.8, 4) is 11.4 Å². The van der Waals surface area contributed by atoms with E-state index in [0.29, 0.717) is 22.9 Å². The van der Waals surface area contributed by atoms with Crippen LogP contribution in [0.25, 0.3) is 11.4 Å². The number of aromatic nitrogens is 3. The van der Waals surface area contributed by atoms with E-state index in [9.17, 15) is 8.42 Å². The highest BCUT2D eigenvalue weighted by Crippen LogP contribution is 2.22. The van der Waals surface area contributed by atoms with Gasteiger partial charge < -0.3 is 4.57 Å². The van der Waals surface area contributed by atoms with Crippen LogP contribution in [0.15, 0.2) is 24.3 Å². The summed E-state index contributed by atoms with van der Waals surface area (Å²) in [5.74, 6) is 1.25. The number of sulfone groups is 1. The van der Waals surface area contributed by atoms with E-state index < -0.39 is 9.84 Å². The Hall–Kier alpha value is -1.22. The zero-order valence-electron chi connectivity index (χ0n) is 14.9. The smallest absolute Gasteiger partial charge is 0.199 e. The number of benzene rings is 1. The average Bonchev–Trinajstić information content (AvgIpc) is 3.09. The van der Waals surface area contributed by atoms with Crippen molar-refractivity contribution in [3.05, 3.63) is 34.1 Å². The van der Waals surface area contributed by atoms with Crippen molar-refractivity contribution >= 4 is 33.7 Å². The van der Waals surface area contributed by atoms with E-state index in [2.05, 4.69) is 16.9 Å². The molecule has 1 aliphatic rings. The van der Waals surface area contributed by atoms with Gasteiger partial charge >= 0.3 is 0 Å². The molecule has 1 saturated heterocycles. The quantitative estimate of drug-likeness (QED) is 0.679. The van der Waals surface area contributed by atoms with Crippen molar-refractivity contribution in [3.63, 3.8) is 0 Å². The lowest BCUT2D eigenvalue weighted by molar-refractivity contribution is 0.155. The fourth-order valence-corrected chi connectivity index (χ4v) is 5.39. The third-order valence-electron chi connectivity index (χ3n) is 4.69. The van der Waals surface area contributed by atoms with Crippen molar-refractivity contribution in [2.24, 2.45) is 7.05 Å². The van der Waals surface area contributed by atoms with Crippen molar-refractivity contribution in [2.45, 2.75) is 32.5 Å². The third-order valence-corrected chi connectivity index (χ3v) is 7.18. The van der Waals surface area contributed by atoms with Gasteiger partial charge in [0.15, 0.2) is 20.4 Å². The Labute approximate surface area is 164 Å². The molecule has 0 N–H and O–H groups in total. The normalized spacial score (nSPS) is 19.3. The van der Waals surface area contributed by atoms with Crippen LogP contribution in [0.1, 0.15) is 19.8 Å². The van der Waals surface area contributed by atoms with Crippen LogP contribution in [0.3, 0.4) is 0 Å². The number of rotatable bonds is 6. The van der Waals surface area contributed by atoms with Gasteiger partial charge in [-0.2, -0.15) is 5.10 Å². The van der Waals surface area contributed by atoms with Gasteiger partial charge in [0, 0.05) is 23.7 Å². The van der Waals surface area contributed by atoms with Gasteiger partial charge in [-0.3, -0.25) is 4.90 Å². The maximum atomic E-state index is 11.9. The predicted octanol–water partition coefficient (Wildman–Crippen LogP) is 3.13. The molecule has 1 aromatic heterocycles. The largest absolute Gasteiger partial charge is 0.303 e. The second-order valence-corrected chi connectivity index (χ2v) is 9.71. The molecular weight excluding hydrogens is 392 g/mol. The molecule has 0 spiro atoms. The van der Waals surface area contributed by atoms with Gasteiger partial charge in [0.2, 0.25) is 0 Å². The van der Waals surface area contributed by atoms with E-state index >= 15 is 0 Å². The Morgan fingerprint density at radius 2 is 2.04 bits per heavy atom. The standard InChI is InChI=1S/C17H23ClN4O2S2/c1-3-9-21(15-8-10-26(23,24)11-15)12-22-17(25)20(2)16(19-22)13-4-6-14(18)7-5-13/h4-7,15H,3,8-12H2,1-2H3/t15-/m1/s1. The number of nitrogens with zero attached hydrogens (tertiary/aromatic N) is 4. The summed E-state index contributed by atoms with van der Waals surface area (Å²) in [7, 11) is -1.04. The molecule has 0 aliphatic carbocycles. The molecule has 0 unspecified atom stereocenters. The molecule has 1 aromatic carbocycles. The summed E-state index contributed by atoms with van der Waals surface area (Å²) in [5.41, 5.74) is 0.937. The molecule has 0 saturated carbocycles. The predicted molar refractivity (Wildman–Crippen MR) is 107 cm³/mol. The molecule has 0 amide bonds. The maximum absolute atomic E-state index is 11.9. The Kier molecular flexibility index (Phi) is 5.86. The molecule has 26 heavy (non-hydrogen) atoms. The van der Waals surface area contributed by atoms with Gasteiger partial charge in [0.25, 0.3) is 0 Å². The van der Waals surface area contributed by atoms with Crippen LogP contribution in [-0.4, -0.2) is 51.8 Å². The van der Waals surface area contributed by atoms with Crippen LogP contribution >= 0.6 is 23.8 Å². The molecule has 142 valence electrons. The molecule has 2 aromatic rings. The summed E-state index contributed by atoms with van der Waals surface area (Å²) in [6.07, 6.45) is 1.62. The van der Waals surface area contributed by atoms with Gasteiger partial charge in [0.05, 0.1) is 18.2 Å². The van der Waals surface area contributed by atoms with E-state index in [-0.39, 0.29) is 17.5 Å². The first-order chi connectivity index (χ1) is 12.3. The molecule has 0 bridgehead atoms. The highest BCUT2D eigenvalue weighted by atomic mass is 35.5. The van der Waals surface area contributed by atoms with Crippen LogP contribution in [-0.2, 0) is 23.6 Å². The minimum Gasteiger partial charge on any atom is -0.303 e. The summed E-state index contributed by atoms with van der Waals surface area (Å²) in [6, 6.07) is 7.51. The molecule has 2 heterocycles. The first-order valence-corrected chi connectivity index (χ1v) is 11.3. The SMILES string of the molecule is CCCN(Cn1nc(-c2ccc(Cl)cc2)n(C)c1=S)[C@@H]1CCS(=O)(=O)C1. The Balaban J connectivity index is 1.87. The summed E-state index contributed by atoms with van der Waals surface area (Å²) in [5, 5.41) is 5.35.